The lowest BCUT2D eigenvalue weighted by Crippen LogP contribution is -2.64. The zero-order valence-corrected chi connectivity index (χ0v) is 24.9. The number of nitrogens with one attached hydrogen (secondary N) is 1. The van der Waals surface area contributed by atoms with Crippen molar-refractivity contribution in [2.75, 3.05) is 44.2 Å². The number of anilines is 1. The third kappa shape index (κ3) is 4.57. The predicted molar refractivity (Wildman–Crippen MR) is 160 cm³/mol. The van der Waals surface area contributed by atoms with Gasteiger partial charge in [-0.2, -0.15) is 5.26 Å². The van der Waals surface area contributed by atoms with E-state index >= 15 is 0 Å². The standard InChI is InChI=1S/C33H39N5O3/c1-7-21-15-24-25(33(5,6)30-28(29(24)39)23-9-8-20(17-34)14-26(23)35-30)16-27(21)37-12-10-36(11-13-37)22-18-38(19-22)31(40)41-32(2,3)4/h8-9,14-16,22,35H,7,10-13,18-19H2,1-6H3. The lowest BCUT2D eigenvalue weighted by molar-refractivity contribution is -0.0162. The normalized spacial score (nSPS) is 19.0. The second kappa shape index (κ2) is 9.63. The van der Waals surface area contributed by atoms with Crippen molar-refractivity contribution in [2.24, 2.45) is 0 Å². The highest BCUT2D eigenvalue weighted by molar-refractivity contribution is 6.20. The Balaban J connectivity index is 1.22. The number of rotatable bonds is 3. The summed E-state index contributed by atoms with van der Waals surface area (Å²) in [4.78, 5) is 36.6. The number of H-pyrrole nitrogens is 1. The number of carbonyl (C=O) groups excluding carboxylic acids is 2. The maximum Gasteiger partial charge on any atom is 0.410 e. The monoisotopic (exact) mass is 553 g/mol. The van der Waals surface area contributed by atoms with Crippen molar-refractivity contribution >= 4 is 28.5 Å². The number of hydrogen-bond donors (Lipinski definition) is 1. The molecule has 2 aromatic carbocycles. The van der Waals surface area contributed by atoms with Crippen LogP contribution in [0.15, 0.2) is 30.3 Å². The van der Waals surface area contributed by atoms with Crippen LogP contribution in [0, 0.1) is 11.3 Å². The minimum atomic E-state index is -0.477. The zero-order valence-electron chi connectivity index (χ0n) is 24.9. The van der Waals surface area contributed by atoms with Crippen LogP contribution in [0.25, 0.3) is 10.9 Å². The van der Waals surface area contributed by atoms with Crippen LogP contribution in [0.4, 0.5) is 10.5 Å². The predicted octanol–water partition coefficient (Wildman–Crippen LogP) is 5.21. The fourth-order valence-electron chi connectivity index (χ4n) is 6.65. The lowest BCUT2D eigenvalue weighted by Gasteiger charge is -2.48. The summed E-state index contributed by atoms with van der Waals surface area (Å²) in [5.74, 6) is 0.0517. The molecule has 41 heavy (non-hydrogen) atoms. The average molecular weight is 554 g/mol. The Morgan fingerprint density at radius 1 is 1.12 bits per heavy atom. The number of ether oxygens (including phenoxy) is 1. The number of amides is 1. The molecule has 1 N–H and O–H groups in total. The number of ketones is 1. The number of fused-ring (bicyclic) bond motifs is 4. The van der Waals surface area contributed by atoms with Crippen LogP contribution < -0.4 is 4.90 Å². The van der Waals surface area contributed by atoms with Gasteiger partial charge < -0.3 is 19.5 Å². The van der Waals surface area contributed by atoms with E-state index < -0.39 is 11.0 Å². The van der Waals surface area contributed by atoms with Crippen molar-refractivity contribution in [2.45, 2.75) is 65.0 Å². The van der Waals surface area contributed by atoms with Gasteiger partial charge in [0.25, 0.3) is 0 Å². The first-order valence-corrected chi connectivity index (χ1v) is 14.7. The van der Waals surface area contributed by atoms with Crippen molar-refractivity contribution in [1.29, 1.82) is 5.26 Å². The second-order valence-corrected chi connectivity index (χ2v) is 13.1. The van der Waals surface area contributed by atoms with E-state index in [0.717, 1.165) is 65.9 Å². The molecule has 1 aliphatic carbocycles. The third-order valence-corrected chi connectivity index (χ3v) is 8.98. The molecule has 8 heteroatoms. The van der Waals surface area contributed by atoms with Crippen LogP contribution in [-0.4, -0.2) is 77.6 Å². The Hall–Kier alpha value is -3.83. The molecule has 0 unspecified atom stereocenters. The highest BCUT2D eigenvalue weighted by Gasteiger charge is 2.41. The Morgan fingerprint density at radius 3 is 2.46 bits per heavy atom. The van der Waals surface area contributed by atoms with Crippen LogP contribution in [0.5, 0.6) is 0 Å². The van der Waals surface area contributed by atoms with E-state index in [2.05, 4.69) is 53.8 Å². The number of benzene rings is 2. The Labute approximate surface area is 241 Å². The smallest absolute Gasteiger partial charge is 0.410 e. The Morgan fingerprint density at radius 2 is 1.83 bits per heavy atom. The van der Waals surface area contributed by atoms with E-state index in [-0.39, 0.29) is 11.9 Å². The number of hydrogen-bond acceptors (Lipinski definition) is 6. The van der Waals surface area contributed by atoms with E-state index in [9.17, 15) is 14.9 Å². The van der Waals surface area contributed by atoms with Gasteiger partial charge in [-0.15, -0.1) is 0 Å². The molecule has 0 saturated carbocycles. The Bertz CT molecular complexity index is 1590. The summed E-state index contributed by atoms with van der Waals surface area (Å²) in [6.45, 7) is 17.3. The molecule has 3 aromatic rings. The van der Waals surface area contributed by atoms with Crippen LogP contribution >= 0.6 is 0 Å². The van der Waals surface area contributed by atoms with Crippen LogP contribution in [0.2, 0.25) is 0 Å². The molecular weight excluding hydrogens is 514 g/mol. The van der Waals surface area contributed by atoms with Gasteiger partial charge in [-0.1, -0.05) is 26.8 Å². The molecule has 0 radical (unpaired) electrons. The first-order valence-electron chi connectivity index (χ1n) is 14.7. The molecule has 2 aliphatic heterocycles. The van der Waals surface area contributed by atoms with Gasteiger partial charge >= 0.3 is 6.09 Å². The van der Waals surface area contributed by atoms with Crippen LogP contribution in [0.1, 0.15) is 79.8 Å². The molecule has 214 valence electrons. The average Bonchev–Trinajstić information content (AvgIpc) is 3.30. The number of aromatic amines is 1. The molecule has 3 heterocycles. The summed E-state index contributed by atoms with van der Waals surface area (Å²) in [5, 5.41) is 10.3. The molecular formula is C33H39N5O3. The summed E-state index contributed by atoms with van der Waals surface area (Å²) < 4.78 is 5.52. The van der Waals surface area contributed by atoms with Crippen molar-refractivity contribution in [1.82, 2.24) is 14.8 Å². The molecule has 8 nitrogen and oxygen atoms in total. The van der Waals surface area contributed by atoms with E-state index in [0.29, 0.717) is 24.7 Å². The van der Waals surface area contributed by atoms with Crippen molar-refractivity contribution in [3.63, 3.8) is 0 Å². The van der Waals surface area contributed by atoms with E-state index in [1.54, 1.807) is 11.0 Å². The lowest BCUT2D eigenvalue weighted by atomic mass is 9.70. The summed E-state index contributed by atoms with van der Waals surface area (Å²) >= 11 is 0. The van der Waals surface area contributed by atoms with Crippen molar-refractivity contribution in [3.8, 4) is 6.07 Å². The van der Waals surface area contributed by atoms with Gasteiger partial charge in [0.15, 0.2) is 5.78 Å². The Kier molecular flexibility index (Phi) is 6.42. The molecule has 1 amide bonds. The maximum absolute atomic E-state index is 13.9. The fraction of sp³-hybridized carbons (Fsp3) is 0.485. The molecule has 2 saturated heterocycles. The largest absolute Gasteiger partial charge is 0.444 e. The summed E-state index contributed by atoms with van der Waals surface area (Å²) in [7, 11) is 0. The third-order valence-electron chi connectivity index (χ3n) is 8.98. The SMILES string of the molecule is CCc1cc2c(cc1N1CCN(C3CN(C(=O)OC(C)(C)C)C3)CC1)C(C)(C)c1[nH]c3cc(C#N)ccc3c1C2=O. The second-order valence-electron chi connectivity index (χ2n) is 13.1. The maximum atomic E-state index is 13.9. The molecule has 0 bridgehead atoms. The summed E-state index contributed by atoms with van der Waals surface area (Å²) in [6.07, 6.45) is 0.617. The van der Waals surface area contributed by atoms with Gasteiger partial charge in [-0.3, -0.25) is 9.69 Å². The highest BCUT2D eigenvalue weighted by atomic mass is 16.6. The number of piperazine rings is 1. The molecule has 0 spiro atoms. The first-order chi connectivity index (χ1) is 19.4. The zero-order chi connectivity index (χ0) is 29.3. The molecule has 1 aromatic heterocycles. The van der Waals surface area contributed by atoms with Crippen molar-refractivity contribution < 1.29 is 14.3 Å². The van der Waals surface area contributed by atoms with Gasteiger partial charge in [0.1, 0.15) is 5.60 Å². The molecule has 2 fully saturated rings. The summed E-state index contributed by atoms with van der Waals surface area (Å²) in [5.41, 5.74) is 6.40. The molecule has 0 atom stereocenters. The number of carbonyl (C=O) groups is 2. The molecule has 6 rings (SSSR count). The number of aromatic nitrogens is 1. The van der Waals surface area contributed by atoms with E-state index in [1.165, 1.54) is 11.3 Å². The minimum absolute atomic E-state index is 0.0517. The number of likely N-dealkylation sites (tertiary alicyclic amines) is 1. The van der Waals surface area contributed by atoms with Gasteiger partial charge in [-0.05, 0) is 62.6 Å². The van der Waals surface area contributed by atoms with Gasteiger partial charge in [-0.25, -0.2) is 4.79 Å². The van der Waals surface area contributed by atoms with Gasteiger partial charge in [0.05, 0.1) is 17.2 Å². The van der Waals surface area contributed by atoms with Gasteiger partial charge in [0, 0.05) is 78.6 Å². The fourth-order valence-corrected chi connectivity index (χ4v) is 6.65. The number of nitrogens with zero attached hydrogens (tertiary/aromatic N) is 4. The van der Waals surface area contributed by atoms with Crippen LogP contribution in [-0.2, 0) is 16.6 Å². The minimum Gasteiger partial charge on any atom is -0.444 e. The first kappa shape index (κ1) is 27.3. The number of aryl methyl sites for hydroxylation is 1. The van der Waals surface area contributed by atoms with Crippen molar-refractivity contribution in [3.05, 3.63) is 63.8 Å². The van der Waals surface area contributed by atoms with E-state index in [1.807, 2.05) is 32.9 Å². The summed E-state index contributed by atoms with van der Waals surface area (Å²) in [6, 6.07) is 12.5. The highest BCUT2D eigenvalue weighted by Crippen LogP contribution is 2.46. The topological polar surface area (TPSA) is 92.7 Å². The quantitative estimate of drug-likeness (QED) is 0.479. The van der Waals surface area contributed by atoms with E-state index in [4.69, 9.17) is 4.74 Å². The molecule has 3 aliphatic rings. The van der Waals surface area contributed by atoms with Gasteiger partial charge in [0.2, 0.25) is 0 Å². The number of nitriles is 1. The van der Waals surface area contributed by atoms with Crippen LogP contribution in [0.3, 0.4) is 0 Å².